The van der Waals surface area contributed by atoms with Crippen molar-refractivity contribution in [3.05, 3.63) is 63.9 Å². The molecule has 2 rings (SSSR count). The number of aliphatic carboxylic acids is 1. The highest BCUT2D eigenvalue weighted by Gasteiger charge is 2.30. The van der Waals surface area contributed by atoms with E-state index in [-0.39, 0.29) is 34.4 Å². The van der Waals surface area contributed by atoms with E-state index >= 15 is 0 Å². The summed E-state index contributed by atoms with van der Waals surface area (Å²) in [6, 6.07) is 7.12. The molecule has 2 atom stereocenters. The quantitative estimate of drug-likeness (QED) is 0.235. The Morgan fingerprint density at radius 3 is 2.39 bits per heavy atom. The zero-order chi connectivity index (χ0) is 33.0. The molecule has 0 saturated carbocycles. The second kappa shape index (κ2) is 17.6. The van der Waals surface area contributed by atoms with Gasteiger partial charge < -0.3 is 25.4 Å². The number of nitrogens with one attached hydrogen (secondary N) is 2. The van der Waals surface area contributed by atoms with E-state index in [9.17, 15) is 33.5 Å². The Kier molecular flexibility index (Phi) is 14.6. The van der Waals surface area contributed by atoms with Crippen molar-refractivity contribution in [2.75, 3.05) is 27.0 Å². The predicted molar refractivity (Wildman–Crippen MR) is 167 cm³/mol. The number of carboxylic acid groups (broad SMARTS) is 1. The maximum atomic E-state index is 14.1. The number of carbonyl (C=O) groups excluding carboxylic acids is 4. The van der Waals surface area contributed by atoms with Crippen molar-refractivity contribution in [1.82, 2.24) is 15.5 Å². The summed E-state index contributed by atoms with van der Waals surface area (Å²) in [6.07, 6.45) is -0.0179. The number of Topliss-reactive ketones (excluding diaryl/α,β-unsaturated/α-hetero) is 1. The number of halogens is 2. The Morgan fingerprint density at radius 1 is 1.09 bits per heavy atom. The molecule has 0 spiro atoms. The first-order chi connectivity index (χ1) is 20.7. The predicted octanol–water partition coefficient (Wildman–Crippen LogP) is 3.65. The van der Waals surface area contributed by atoms with Crippen LogP contribution < -0.4 is 15.4 Å². The van der Waals surface area contributed by atoms with Crippen molar-refractivity contribution >= 4 is 52.8 Å². The van der Waals surface area contributed by atoms with Crippen LogP contribution >= 0.6 is 23.4 Å². The van der Waals surface area contributed by atoms with Crippen LogP contribution in [0.2, 0.25) is 5.02 Å². The third kappa shape index (κ3) is 11.5. The van der Waals surface area contributed by atoms with Gasteiger partial charge in [-0.15, -0.1) is 11.8 Å². The van der Waals surface area contributed by atoms with Crippen LogP contribution in [0.1, 0.15) is 43.4 Å². The molecule has 0 aliphatic heterocycles. The summed E-state index contributed by atoms with van der Waals surface area (Å²) in [6.45, 7) is 3.41. The van der Waals surface area contributed by atoms with Gasteiger partial charge in [-0.05, 0) is 36.1 Å². The van der Waals surface area contributed by atoms with Gasteiger partial charge in [-0.2, -0.15) is 0 Å². The topological polar surface area (TPSA) is 142 Å². The van der Waals surface area contributed by atoms with E-state index < -0.39 is 53.8 Å². The van der Waals surface area contributed by atoms with E-state index in [1.165, 1.54) is 30.2 Å². The van der Waals surface area contributed by atoms with Gasteiger partial charge in [-0.1, -0.05) is 43.6 Å². The number of amides is 3. The maximum Gasteiger partial charge on any atom is 0.305 e. The van der Waals surface area contributed by atoms with Crippen LogP contribution in [0, 0.1) is 11.7 Å². The lowest BCUT2D eigenvalue weighted by Crippen LogP contribution is -2.54. The fourth-order valence-corrected chi connectivity index (χ4v) is 5.55. The number of rotatable bonds is 17. The minimum Gasteiger partial charge on any atom is -0.496 e. The van der Waals surface area contributed by atoms with E-state index in [1.54, 1.807) is 40.1 Å². The lowest BCUT2D eigenvalue weighted by atomic mass is 10.00. The molecular formula is C31H39ClFN3O7S. The summed E-state index contributed by atoms with van der Waals surface area (Å²) in [7, 11) is 4.83. The maximum absolute atomic E-state index is 14.1. The molecule has 3 N–H and O–H groups in total. The standard InChI is InChI=1S/C31H39ClFN3O7S/c1-18(2)30(35-27(38)14-20-13-19(9-11-26(20)43-5)10-12-28(39)36(3)4)31(42)34-24(15-29(40)41)25(37)17-44-16-21-22(32)7-6-8-23(21)33/h6-9,11,13,18,24,30H,10,12,14-17H2,1-5H3,(H,34,42)(H,35,38)(H,40,41)/t24-,30-/m0/s1. The van der Waals surface area contributed by atoms with Crippen molar-refractivity contribution in [2.45, 2.75) is 57.4 Å². The van der Waals surface area contributed by atoms with E-state index in [2.05, 4.69) is 10.6 Å². The number of hydrogen-bond donors (Lipinski definition) is 3. The number of ketones is 1. The summed E-state index contributed by atoms with van der Waals surface area (Å²) in [5.41, 5.74) is 1.62. The van der Waals surface area contributed by atoms with Gasteiger partial charge in [-0.3, -0.25) is 24.0 Å². The molecule has 2 aromatic carbocycles. The lowest BCUT2D eigenvalue weighted by Gasteiger charge is -2.25. The van der Waals surface area contributed by atoms with Crippen LogP contribution in [-0.2, 0) is 42.6 Å². The smallest absolute Gasteiger partial charge is 0.305 e. The molecule has 10 nitrogen and oxygen atoms in total. The summed E-state index contributed by atoms with van der Waals surface area (Å²) >= 11 is 7.08. The Bertz CT molecular complexity index is 1340. The Labute approximate surface area is 266 Å². The molecule has 2 aromatic rings. The number of carbonyl (C=O) groups is 5. The molecule has 0 fully saturated rings. The monoisotopic (exact) mass is 651 g/mol. The van der Waals surface area contributed by atoms with Crippen LogP contribution in [0.4, 0.5) is 4.39 Å². The lowest BCUT2D eigenvalue weighted by molar-refractivity contribution is -0.140. The molecule has 0 unspecified atom stereocenters. The molecule has 0 aliphatic rings. The zero-order valence-corrected chi connectivity index (χ0v) is 27.0. The van der Waals surface area contributed by atoms with Crippen LogP contribution in [0.3, 0.4) is 0 Å². The number of benzene rings is 2. The minimum absolute atomic E-state index is 0.0290. The molecule has 0 heterocycles. The van der Waals surface area contributed by atoms with Gasteiger partial charge in [0.15, 0.2) is 5.78 Å². The minimum atomic E-state index is -1.36. The number of aryl methyl sites for hydroxylation is 1. The van der Waals surface area contributed by atoms with Crippen LogP contribution in [0.5, 0.6) is 5.75 Å². The third-order valence-electron chi connectivity index (χ3n) is 6.72. The molecule has 0 bridgehead atoms. The number of methoxy groups -OCH3 is 1. The first kappa shape index (κ1) is 36.6. The Hall–Kier alpha value is -3.64. The molecule has 0 aromatic heterocycles. The molecule has 0 saturated heterocycles. The summed E-state index contributed by atoms with van der Waals surface area (Å²) in [4.78, 5) is 64.2. The van der Waals surface area contributed by atoms with Gasteiger partial charge in [0.1, 0.15) is 17.6 Å². The van der Waals surface area contributed by atoms with Crippen molar-refractivity contribution in [3.8, 4) is 5.75 Å². The molecule has 13 heteroatoms. The van der Waals surface area contributed by atoms with Crippen LogP contribution in [0.15, 0.2) is 36.4 Å². The normalized spacial score (nSPS) is 12.3. The highest BCUT2D eigenvalue weighted by Crippen LogP contribution is 2.24. The SMILES string of the molecule is COc1ccc(CCC(=O)N(C)C)cc1CC(=O)N[C@H](C(=O)N[C@@H](CC(=O)O)C(=O)CSCc1c(F)cccc1Cl)C(C)C. The van der Waals surface area contributed by atoms with Crippen LogP contribution in [-0.4, -0.2) is 78.5 Å². The van der Waals surface area contributed by atoms with Crippen molar-refractivity contribution in [3.63, 3.8) is 0 Å². The summed E-state index contributed by atoms with van der Waals surface area (Å²) in [5.74, 6) is -3.67. The van der Waals surface area contributed by atoms with Crippen LogP contribution in [0.25, 0.3) is 0 Å². The summed E-state index contributed by atoms with van der Waals surface area (Å²) < 4.78 is 19.5. The number of thioether (sulfide) groups is 1. The molecule has 3 amide bonds. The van der Waals surface area contributed by atoms with E-state index in [0.717, 1.165) is 17.3 Å². The van der Waals surface area contributed by atoms with Gasteiger partial charge in [0.25, 0.3) is 0 Å². The van der Waals surface area contributed by atoms with Crippen molar-refractivity contribution in [1.29, 1.82) is 0 Å². The second-order valence-corrected chi connectivity index (χ2v) is 12.1. The van der Waals surface area contributed by atoms with Gasteiger partial charge in [0.05, 0.1) is 31.7 Å². The zero-order valence-electron chi connectivity index (χ0n) is 25.4. The molecule has 44 heavy (non-hydrogen) atoms. The van der Waals surface area contributed by atoms with E-state index in [0.29, 0.717) is 24.2 Å². The van der Waals surface area contributed by atoms with Gasteiger partial charge in [0.2, 0.25) is 17.7 Å². The molecule has 240 valence electrons. The molecule has 0 aliphatic carbocycles. The highest BCUT2D eigenvalue weighted by molar-refractivity contribution is 7.99. The largest absolute Gasteiger partial charge is 0.496 e. The Balaban J connectivity index is 2.08. The van der Waals surface area contributed by atoms with Gasteiger partial charge in [-0.25, -0.2) is 4.39 Å². The highest BCUT2D eigenvalue weighted by atomic mass is 35.5. The second-order valence-electron chi connectivity index (χ2n) is 10.7. The van der Waals surface area contributed by atoms with E-state index in [1.807, 2.05) is 6.07 Å². The first-order valence-corrected chi connectivity index (χ1v) is 15.5. The number of ether oxygens (including phenoxy) is 1. The fourth-order valence-electron chi connectivity index (χ4n) is 4.24. The summed E-state index contributed by atoms with van der Waals surface area (Å²) in [5, 5.41) is 14.7. The Morgan fingerprint density at radius 2 is 1.80 bits per heavy atom. The average molecular weight is 652 g/mol. The number of hydrogen-bond acceptors (Lipinski definition) is 7. The first-order valence-electron chi connectivity index (χ1n) is 13.9. The molecular weight excluding hydrogens is 613 g/mol. The number of carboxylic acids is 1. The average Bonchev–Trinajstić information content (AvgIpc) is 2.95. The molecule has 0 radical (unpaired) electrons. The number of nitrogens with zero attached hydrogens (tertiary/aromatic N) is 1. The van der Waals surface area contributed by atoms with E-state index in [4.69, 9.17) is 16.3 Å². The fraction of sp³-hybridized carbons (Fsp3) is 0.452. The van der Waals surface area contributed by atoms with Gasteiger partial charge >= 0.3 is 5.97 Å². The van der Waals surface area contributed by atoms with Crippen molar-refractivity contribution < 1.29 is 38.2 Å². The third-order valence-corrected chi connectivity index (χ3v) is 8.06. The van der Waals surface area contributed by atoms with Gasteiger partial charge in [0, 0.05) is 42.4 Å². The van der Waals surface area contributed by atoms with Crippen molar-refractivity contribution in [2.24, 2.45) is 5.92 Å².